The third-order valence-corrected chi connectivity index (χ3v) is 13.5. The van der Waals surface area contributed by atoms with Gasteiger partial charge >= 0.3 is 11.9 Å². The summed E-state index contributed by atoms with van der Waals surface area (Å²) in [5.41, 5.74) is -0.560. The third kappa shape index (κ3) is 14.8. The lowest BCUT2D eigenvalue weighted by atomic mass is 9.96. The van der Waals surface area contributed by atoms with Crippen LogP contribution in [0.2, 0.25) is 0 Å². The number of ether oxygens (including phenoxy) is 4. The molecule has 25 nitrogen and oxygen atoms in total. The summed E-state index contributed by atoms with van der Waals surface area (Å²) in [6.07, 6.45) is -0.278. The Morgan fingerprint density at radius 1 is 0.831 bits per heavy atom. The van der Waals surface area contributed by atoms with E-state index in [1.165, 1.54) is 69.6 Å². The van der Waals surface area contributed by atoms with E-state index in [9.17, 15) is 53.5 Å². The van der Waals surface area contributed by atoms with Crippen LogP contribution in [-0.2, 0) is 63.8 Å². The van der Waals surface area contributed by atoms with Gasteiger partial charge < -0.3 is 71.4 Å². The molecular formula is C52H65N9O16. The molecule has 9 N–H and O–H groups in total. The first kappa shape index (κ1) is 57.9. The Morgan fingerprint density at radius 3 is 2.12 bits per heavy atom. The van der Waals surface area contributed by atoms with E-state index in [1.807, 2.05) is 0 Å². The number of nitrogens with zero attached hydrogens (tertiary/aromatic N) is 2. The summed E-state index contributed by atoms with van der Waals surface area (Å²) in [6, 6.07) is 5.40. The number of aromatic nitrogens is 1. The number of hydrogen-bond acceptors (Lipinski definition) is 16. The topological polar surface area (TPSA) is 344 Å². The molecule has 12 atom stereocenters. The van der Waals surface area contributed by atoms with Crippen molar-refractivity contribution < 1.29 is 77.2 Å². The highest BCUT2D eigenvalue weighted by atomic mass is 16.6. The second-order valence-electron chi connectivity index (χ2n) is 19.1. The van der Waals surface area contributed by atoms with Crippen LogP contribution in [0.1, 0.15) is 75.6 Å². The van der Waals surface area contributed by atoms with Crippen molar-refractivity contribution in [2.24, 2.45) is 5.92 Å². The van der Waals surface area contributed by atoms with Crippen molar-refractivity contribution in [3.8, 4) is 5.75 Å². The number of rotatable bonds is 9. The lowest BCUT2D eigenvalue weighted by Crippen LogP contribution is -2.62. The first-order valence-corrected chi connectivity index (χ1v) is 24.9. The van der Waals surface area contributed by atoms with Crippen LogP contribution >= 0.6 is 0 Å². The van der Waals surface area contributed by atoms with Crippen LogP contribution in [0.4, 0.5) is 0 Å². The quantitative estimate of drug-likeness (QED) is 0.0694. The van der Waals surface area contributed by atoms with Gasteiger partial charge in [-0.25, -0.2) is 4.79 Å². The number of hydrogen-bond donors (Lipinski definition) is 9. The maximum Gasteiger partial charge on any atom is 0.332 e. The summed E-state index contributed by atoms with van der Waals surface area (Å²) in [5, 5.41) is 38.5. The predicted octanol–water partition coefficient (Wildman–Crippen LogP) is -1.15. The fourth-order valence-electron chi connectivity index (χ4n) is 8.30. The summed E-state index contributed by atoms with van der Waals surface area (Å²) >= 11 is 0. The average Bonchev–Trinajstić information content (AvgIpc) is 4.09. The summed E-state index contributed by atoms with van der Waals surface area (Å²) in [4.78, 5) is 142. The van der Waals surface area contributed by atoms with Gasteiger partial charge in [0.1, 0.15) is 78.7 Å². The molecule has 5 heterocycles. The SMILES string of the molecule is CCC(C)C1NC(=O)C(NC(=O)C(C)NC(=O)c2cccn2O)C(C)OC(=O)C2COC(=O)CNC(=O)/C=C/C3(CO3)C(C)Oc3ccc(cc3)C(NC1=O)C(=O)N(C)C(Cc1ccccc1)C(=O)NC(C(C)O)C(=O)N2. The Balaban J connectivity index is 1.49. The number of aliphatic hydroxyl groups excluding tert-OH is 1. The van der Waals surface area contributed by atoms with Crippen LogP contribution in [0.25, 0.3) is 0 Å². The molecule has 7 rings (SSSR count). The molecule has 12 unspecified atom stereocenters. The average molecular weight is 1070 g/mol. The number of carbonyl (C=O) groups excluding carboxylic acids is 10. The molecular weight excluding hydrogens is 1010 g/mol. The zero-order chi connectivity index (χ0) is 56.3. The number of epoxide rings is 1. The van der Waals surface area contributed by atoms with E-state index in [1.54, 1.807) is 51.1 Å². The summed E-state index contributed by atoms with van der Waals surface area (Å²) in [5.74, 6) is -10.6. The van der Waals surface area contributed by atoms with Crippen LogP contribution in [0.15, 0.2) is 85.1 Å². The molecule has 2 aromatic carbocycles. The maximum atomic E-state index is 15.2. The molecule has 0 saturated carbocycles. The van der Waals surface area contributed by atoms with Crippen molar-refractivity contribution >= 4 is 59.2 Å². The highest BCUT2D eigenvalue weighted by Gasteiger charge is 2.49. The molecule has 1 aromatic heterocycles. The fraction of sp³-hybridized carbons (Fsp3) is 0.462. The molecule has 0 radical (unpaired) electrons. The smallest absolute Gasteiger partial charge is 0.332 e. The molecule has 4 bridgehead atoms. The van der Waals surface area contributed by atoms with E-state index in [0.29, 0.717) is 10.3 Å². The summed E-state index contributed by atoms with van der Waals surface area (Å²) in [6.45, 7) is 7.06. The minimum Gasteiger partial charge on any atom is -0.487 e. The number of likely N-dealkylation sites (N-methyl/N-ethyl adjacent to an activating group) is 1. The van der Waals surface area contributed by atoms with Gasteiger partial charge in [0.15, 0.2) is 6.04 Å². The van der Waals surface area contributed by atoms with Gasteiger partial charge in [0.05, 0.1) is 12.7 Å². The monoisotopic (exact) mass is 1070 g/mol. The number of cyclic esters (lactones) is 1. The number of esters is 2. The van der Waals surface area contributed by atoms with Crippen LogP contribution < -0.4 is 42.0 Å². The van der Waals surface area contributed by atoms with Gasteiger partial charge in [-0.05, 0) is 75.1 Å². The zero-order valence-electron chi connectivity index (χ0n) is 43.5. The molecule has 4 aliphatic rings. The number of aliphatic hydroxyl groups is 1. The van der Waals surface area contributed by atoms with Crippen LogP contribution in [0, 0.1) is 5.92 Å². The zero-order valence-corrected chi connectivity index (χ0v) is 43.5. The molecule has 77 heavy (non-hydrogen) atoms. The first-order chi connectivity index (χ1) is 36.5. The highest BCUT2D eigenvalue weighted by Crippen LogP contribution is 2.35. The Labute approximate surface area is 443 Å². The van der Waals surface area contributed by atoms with Crippen molar-refractivity contribution in [2.75, 3.05) is 26.8 Å². The van der Waals surface area contributed by atoms with Crippen LogP contribution in [0.5, 0.6) is 5.75 Å². The van der Waals surface area contributed by atoms with Gasteiger partial charge in [-0.15, -0.1) is 0 Å². The van der Waals surface area contributed by atoms with Gasteiger partial charge in [0.2, 0.25) is 41.4 Å². The number of benzene rings is 2. The molecule has 2 fully saturated rings. The number of amides is 8. The first-order valence-electron chi connectivity index (χ1n) is 24.9. The van der Waals surface area contributed by atoms with Crippen LogP contribution in [0.3, 0.4) is 0 Å². The lowest BCUT2D eigenvalue weighted by molar-refractivity contribution is -0.160. The lowest BCUT2D eigenvalue weighted by Gasteiger charge is -2.34. The summed E-state index contributed by atoms with van der Waals surface area (Å²) < 4.78 is 23.5. The number of fused-ring (bicyclic) bond motifs is 9. The molecule has 2 saturated heterocycles. The van der Waals surface area contributed by atoms with E-state index in [4.69, 9.17) is 18.9 Å². The largest absolute Gasteiger partial charge is 0.487 e. The van der Waals surface area contributed by atoms with Gasteiger partial charge in [0.25, 0.3) is 5.91 Å². The Kier molecular flexibility index (Phi) is 19.2. The van der Waals surface area contributed by atoms with Crippen molar-refractivity contribution in [2.45, 2.75) is 121 Å². The molecule has 1 spiro atoms. The number of nitrogens with one attached hydrogen (secondary N) is 7. The Morgan fingerprint density at radius 2 is 1.49 bits per heavy atom. The minimum atomic E-state index is -1.99. The van der Waals surface area contributed by atoms with E-state index < -0.39 is 144 Å². The Hall–Kier alpha value is -8.32. The van der Waals surface area contributed by atoms with Gasteiger partial charge in [-0.1, -0.05) is 62.7 Å². The second-order valence-corrected chi connectivity index (χ2v) is 19.1. The van der Waals surface area contributed by atoms with Crippen LogP contribution in [-0.4, -0.2) is 166 Å². The third-order valence-electron chi connectivity index (χ3n) is 13.5. The van der Waals surface area contributed by atoms with Crippen molar-refractivity contribution in [1.82, 2.24) is 46.8 Å². The predicted molar refractivity (Wildman–Crippen MR) is 269 cm³/mol. The second kappa shape index (κ2) is 25.5. The summed E-state index contributed by atoms with van der Waals surface area (Å²) in [7, 11) is 1.30. The molecule has 8 amide bonds. The van der Waals surface area contributed by atoms with Crippen molar-refractivity contribution in [3.05, 3.63) is 102 Å². The molecule has 0 aliphatic carbocycles. The van der Waals surface area contributed by atoms with Crippen molar-refractivity contribution in [3.63, 3.8) is 0 Å². The van der Waals surface area contributed by atoms with E-state index in [2.05, 4.69) is 37.2 Å². The van der Waals surface area contributed by atoms with E-state index in [0.717, 1.165) is 17.9 Å². The molecule has 25 heteroatoms. The Bertz CT molecular complexity index is 2710. The molecule has 3 aromatic rings. The standard InChI is InChI=1S/C52H65N9O16/c1-8-27(2)40-47(68)59-43-33-16-18-34(19-17-33)77-31(6)52(26-75-52)21-20-38(63)53-24-39(64)74-25-35(55-48(69)41(29(4)62)57-46(67)37(60(7)50(43)71)23-32-13-10-9-11-14-32)51(72)76-30(5)42(49(70)56-40)58-44(65)28(3)54-45(66)36-15-12-22-61(36)73/h9-22,27-31,35,37,40-43,62,73H,8,23-26H2,1-7H3,(H,53,63)(H,54,66)(H,55,69)(H,56,70)(H,57,67)(H,58,65)(H,59,68)/b21-20+. The van der Waals surface area contributed by atoms with Gasteiger partial charge in [-0.2, -0.15) is 4.73 Å². The minimum absolute atomic E-state index is 0.165. The van der Waals surface area contributed by atoms with Crippen molar-refractivity contribution in [1.29, 1.82) is 0 Å². The fourth-order valence-corrected chi connectivity index (χ4v) is 8.30. The molecule has 414 valence electrons. The van der Waals surface area contributed by atoms with E-state index in [-0.39, 0.29) is 36.5 Å². The molecule has 4 aliphatic heterocycles. The normalized spacial score (nSPS) is 27.8. The van der Waals surface area contributed by atoms with Gasteiger partial charge in [-0.3, -0.25) is 43.2 Å². The van der Waals surface area contributed by atoms with E-state index >= 15 is 4.79 Å². The van der Waals surface area contributed by atoms with Gasteiger partial charge in [0, 0.05) is 25.7 Å². The maximum absolute atomic E-state index is 15.2. The highest BCUT2D eigenvalue weighted by molar-refractivity contribution is 6.00. The number of carbonyl (C=O) groups is 10.